The third-order valence-electron chi connectivity index (χ3n) is 5.77. The third-order valence-corrected chi connectivity index (χ3v) is 10.3. The van der Waals surface area contributed by atoms with Crippen molar-refractivity contribution in [3.05, 3.63) is 65.0 Å². The predicted molar refractivity (Wildman–Crippen MR) is 120 cm³/mol. The van der Waals surface area contributed by atoms with Crippen molar-refractivity contribution in [3.8, 4) is 0 Å². The quantitative estimate of drug-likeness (QED) is 0.508. The SMILES string of the molecule is CC(C)(C)[Si](C)(C)OCc1cccc(COC2=N[N+](C)(C)Cc3ccccc32)n1. The van der Waals surface area contributed by atoms with Crippen LogP contribution in [0.3, 0.4) is 0 Å². The molecule has 0 unspecified atom stereocenters. The van der Waals surface area contributed by atoms with E-state index in [9.17, 15) is 0 Å². The van der Waals surface area contributed by atoms with Gasteiger partial charge >= 0.3 is 0 Å². The average molecular weight is 413 g/mol. The van der Waals surface area contributed by atoms with E-state index in [2.05, 4.69) is 66.2 Å². The van der Waals surface area contributed by atoms with Crippen LogP contribution in [-0.2, 0) is 28.9 Å². The van der Waals surface area contributed by atoms with Crippen LogP contribution in [-0.4, -0.2) is 37.9 Å². The van der Waals surface area contributed by atoms with Gasteiger partial charge in [-0.2, -0.15) is 4.59 Å². The van der Waals surface area contributed by atoms with Crippen LogP contribution < -0.4 is 0 Å². The van der Waals surface area contributed by atoms with Crippen LogP contribution in [0.5, 0.6) is 0 Å². The van der Waals surface area contributed by atoms with Crippen molar-refractivity contribution in [2.45, 2.75) is 58.7 Å². The normalized spacial score (nSPS) is 16.2. The van der Waals surface area contributed by atoms with Crippen LogP contribution in [0.15, 0.2) is 47.6 Å². The van der Waals surface area contributed by atoms with Crippen molar-refractivity contribution in [1.82, 2.24) is 4.98 Å². The van der Waals surface area contributed by atoms with Crippen molar-refractivity contribution < 1.29 is 13.8 Å². The van der Waals surface area contributed by atoms with Gasteiger partial charge in [-0.25, -0.2) is 0 Å². The fourth-order valence-electron chi connectivity index (χ4n) is 3.03. The zero-order chi connectivity index (χ0) is 21.3. The molecule has 29 heavy (non-hydrogen) atoms. The predicted octanol–water partition coefficient (Wildman–Crippen LogP) is 5.07. The summed E-state index contributed by atoms with van der Waals surface area (Å²) in [5.74, 6) is 0.682. The van der Waals surface area contributed by atoms with Gasteiger partial charge in [-0.3, -0.25) is 4.98 Å². The van der Waals surface area contributed by atoms with E-state index in [4.69, 9.17) is 19.2 Å². The molecular weight excluding hydrogens is 378 g/mol. The molecule has 1 aromatic heterocycles. The van der Waals surface area contributed by atoms with E-state index in [1.807, 2.05) is 24.3 Å². The lowest BCUT2D eigenvalue weighted by Crippen LogP contribution is -2.40. The molecule has 0 radical (unpaired) electrons. The molecule has 5 nitrogen and oxygen atoms in total. The second-order valence-electron chi connectivity index (χ2n) is 9.80. The van der Waals surface area contributed by atoms with Crippen LogP contribution in [0, 0.1) is 0 Å². The smallest absolute Gasteiger partial charge is 0.275 e. The van der Waals surface area contributed by atoms with Gasteiger partial charge in [0, 0.05) is 5.56 Å². The molecule has 0 N–H and O–H groups in total. The van der Waals surface area contributed by atoms with E-state index in [1.54, 1.807) is 0 Å². The molecule has 0 spiro atoms. The molecule has 156 valence electrons. The highest BCUT2D eigenvalue weighted by Gasteiger charge is 2.37. The Morgan fingerprint density at radius 3 is 2.31 bits per heavy atom. The molecule has 6 heteroatoms. The summed E-state index contributed by atoms with van der Waals surface area (Å²) >= 11 is 0. The summed E-state index contributed by atoms with van der Waals surface area (Å²) in [6, 6.07) is 14.3. The Labute approximate surface area is 176 Å². The number of aromatic nitrogens is 1. The zero-order valence-electron chi connectivity index (χ0n) is 18.8. The third kappa shape index (κ3) is 5.32. The topological polar surface area (TPSA) is 43.7 Å². The van der Waals surface area contributed by atoms with Gasteiger partial charge in [0.25, 0.3) is 5.90 Å². The molecule has 0 saturated carbocycles. The van der Waals surface area contributed by atoms with Gasteiger partial charge in [-0.05, 0) is 41.4 Å². The van der Waals surface area contributed by atoms with Crippen molar-refractivity contribution in [3.63, 3.8) is 0 Å². The zero-order valence-corrected chi connectivity index (χ0v) is 19.8. The molecule has 0 aliphatic carbocycles. The molecule has 1 aliphatic rings. The van der Waals surface area contributed by atoms with Crippen LogP contribution >= 0.6 is 0 Å². The summed E-state index contributed by atoms with van der Waals surface area (Å²) < 4.78 is 13.0. The summed E-state index contributed by atoms with van der Waals surface area (Å²) in [5, 5.41) is 4.96. The van der Waals surface area contributed by atoms with E-state index >= 15 is 0 Å². The molecule has 1 aliphatic heterocycles. The van der Waals surface area contributed by atoms with Crippen molar-refractivity contribution in [2.75, 3.05) is 14.1 Å². The average Bonchev–Trinajstić information content (AvgIpc) is 2.63. The highest BCUT2D eigenvalue weighted by Crippen LogP contribution is 2.37. The molecule has 0 saturated heterocycles. The molecule has 2 aromatic rings. The minimum Gasteiger partial charge on any atom is -0.467 e. The van der Waals surface area contributed by atoms with Gasteiger partial charge in [0.15, 0.2) is 8.32 Å². The van der Waals surface area contributed by atoms with E-state index in [-0.39, 0.29) is 5.04 Å². The Balaban J connectivity index is 1.69. The first kappa shape index (κ1) is 21.7. The first-order valence-electron chi connectivity index (χ1n) is 10.2. The maximum Gasteiger partial charge on any atom is 0.275 e. The summed E-state index contributed by atoms with van der Waals surface area (Å²) in [6.07, 6.45) is 0. The van der Waals surface area contributed by atoms with E-state index in [0.717, 1.165) is 23.5 Å². The van der Waals surface area contributed by atoms with Gasteiger partial charge in [-0.15, -0.1) is 0 Å². The Morgan fingerprint density at radius 1 is 0.966 bits per heavy atom. The Bertz CT molecular complexity index is 901. The van der Waals surface area contributed by atoms with Gasteiger partial charge < -0.3 is 9.16 Å². The number of quaternary nitrogens is 1. The standard InChI is InChI=1S/C23H34N3O2Si/c1-23(2,3)29(6,7)28-17-20-13-10-12-19(24-20)16-27-22-21-14-9-8-11-18(21)15-26(4,5)25-22/h8-14H,15-17H2,1-7H3/q+1. The van der Waals surface area contributed by atoms with E-state index in [1.165, 1.54) is 5.56 Å². The lowest BCUT2D eigenvalue weighted by atomic mass is 10.1. The number of pyridine rings is 1. The molecule has 0 atom stereocenters. The summed E-state index contributed by atoms with van der Waals surface area (Å²) in [6.45, 7) is 13.1. The molecule has 0 amide bonds. The Hall–Kier alpha value is -2.02. The summed E-state index contributed by atoms with van der Waals surface area (Å²) in [5.41, 5.74) is 4.16. The number of hydrogen-bond donors (Lipinski definition) is 0. The van der Waals surface area contributed by atoms with Gasteiger partial charge in [-0.1, -0.05) is 45.0 Å². The lowest BCUT2D eigenvalue weighted by Gasteiger charge is -2.36. The fraction of sp³-hybridized carbons (Fsp3) is 0.478. The minimum atomic E-state index is -1.80. The number of benzene rings is 1. The van der Waals surface area contributed by atoms with Gasteiger partial charge in [0.1, 0.15) is 13.2 Å². The molecule has 3 rings (SSSR count). The summed E-state index contributed by atoms with van der Waals surface area (Å²) in [4.78, 5) is 4.75. The van der Waals surface area contributed by atoms with Crippen LogP contribution in [0.1, 0.15) is 43.3 Å². The number of rotatable bonds is 5. The highest BCUT2D eigenvalue weighted by molar-refractivity contribution is 6.74. The van der Waals surface area contributed by atoms with Crippen molar-refractivity contribution >= 4 is 14.2 Å². The highest BCUT2D eigenvalue weighted by atomic mass is 28.4. The monoisotopic (exact) mass is 412 g/mol. The number of fused-ring (bicyclic) bond motifs is 1. The van der Waals surface area contributed by atoms with Crippen LogP contribution in [0.25, 0.3) is 0 Å². The lowest BCUT2D eigenvalue weighted by molar-refractivity contribution is -0.911. The second-order valence-corrected chi connectivity index (χ2v) is 14.6. The maximum absolute atomic E-state index is 6.31. The molecule has 2 heterocycles. The summed E-state index contributed by atoms with van der Waals surface area (Å²) in [7, 11) is 2.36. The minimum absolute atomic E-state index is 0.186. The molecule has 0 fully saturated rings. The van der Waals surface area contributed by atoms with E-state index < -0.39 is 8.32 Å². The van der Waals surface area contributed by atoms with Gasteiger partial charge in [0.2, 0.25) is 0 Å². The Kier molecular flexibility index (Phi) is 5.99. The Morgan fingerprint density at radius 2 is 1.62 bits per heavy atom. The van der Waals surface area contributed by atoms with Crippen molar-refractivity contribution in [2.24, 2.45) is 5.10 Å². The fourth-order valence-corrected chi connectivity index (χ4v) is 3.97. The number of nitrogens with zero attached hydrogens (tertiary/aromatic N) is 3. The first-order chi connectivity index (χ1) is 13.5. The second kappa shape index (κ2) is 8.01. The number of ether oxygens (including phenoxy) is 1. The van der Waals surface area contributed by atoms with Gasteiger partial charge in [0.05, 0.1) is 37.7 Å². The molecule has 1 aromatic carbocycles. The van der Waals surface area contributed by atoms with E-state index in [0.29, 0.717) is 23.7 Å². The number of hydrogen-bond acceptors (Lipinski definition) is 4. The van der Waals surface area contributed by atoms with Crippen LogP contribution in [0.4, 0.5) is 0 Å². The molecule has 0 bridgehead atoms. The molecular formula is C23H34N3O2Si+. The maximum atomic E-state index is 6.31. The van der Waals surface area contributed by atoms with Crippen LogP contribution in [0.2, 0.25) is 18.1 Å². The largest absolute Gasteiger partial charge is 0.467 e. The first-order valence-corrected chi connectivity index (χ1v) is 13.1. The van der Waals surface area contributed by atoms with Crippen molar-refractivity contribution in [1.29, 1.82) is 0 Å².